The van der Waals surface area contributed by atoms with Gasteiger partial charge in [0, 0.05) is 31.8 Å². The average Bonchev–Trinajstić information content (AvgIpc) is 3.74. The standard InChI is InChI=1S/C45H68N4O12/c1-53-18-19-54-20-21-55-22-23-56-24-25-57-26-27-58-28-29-59-30-31-60-32-33-61-40(50)17-14-36-12-15-39(16-13-36)42-46-41-43(47-42)48(34-37-8-4-2-5-9-37)45(52)49(44(41)51)35-38-10-6-3-7-11-38/h12-17,37-38H,2-11,18-35H2,1H3,(H,46,47)/b17-14+. The third-order valence-corrected chi connectivity index (χ3v) is 10.9. The fourth-order valence-electron chi connectivity index (χ4n) is 7.62. The minimum Gasteiger partial charge on any atom is -0.460 e. The number of carbonyl (C=O) groups is 1. The molecule has 0 atom stereocenters. The van der Waals surface area contributed by atoms with Gasteiger partial charge in [0.2, 0.25) is 0 Å². The summed E-state index contributed by atoms with van der Waals surface area (Å²) in [5, 5.41) is 0. The van der Waals surface area contributed by atoms with E-state index in [0.717, 1.165) is 49.7 Å². The fraction of sp³-hybridized carbons (Fsp3) is 0.689. The van der Waals surface area contributed by atoms with Gasteiger partial charge in [-0.25, -0.2) is 14.6 Å². The van der Waals surface area contributed by atoms with Crippen LogP contribution in [-0.2, 0) is 60.5 Å². The number of carbonyl (C=O) groups excluding carboxylic acids is 1. The first-order valence-corrected chi connectivity index (χ1v) is 22.2. The highest BCUT2D eigenvalue weighted by Gasteiger charge is 2.24. The van der Waals surface area contributed by atoms with Gasteiger partial charge < -0.3 is 47.6 Å². The normalized spacial score (nSPS) is 15.4. The molecule has 0 bridgehead atoms. The Labute approximate surface area is 359 Å². The van der Waals surface area contributed by atoms with E-state index >= 15 is 0 Å². The molecule has 0 spiro atoms. The number of aromatic nitrogens is 4. The Bertz CT molecular complexity index is 1810. The van der Waals surface area contributed by atoms with E-state index in [0.29, 0.717) is 134 Å². The Morgan fingerprint density at radius 2 is 1.07 bits per heavy atom. The molecule has 2 aromatic heterocycles. The van der Waals surface area contributed by atoms with Crippen LogP contribution in [0.15, 0.2) is 39.9 Å². The van der Waals surface area contributed by atoms with Gasteiger partial charge in [-0.1, -0.05) is 62.8 Å². The van der Waals surface area contributed by atoms with Crippen molar-refractivity contribution in [2.24, 2.45) is 11.8 Å². The number of H-pyrrole nitrogens is 1. The van der Waals surface area contributed by atoms with E-state index in [1.54, 1.807) is 17.8 Å². The SMILES string of the molecule is COCCOCCOCCOCCOCCOCCOCCOCCOC(=O)/C=C/c1ccc(-c2nc3c(=O)n(CC4CCCCC4)c(=O)n(CC4CCCCC4)c3[nH]2)cc1. The highest BCUT2D eigenvalue weighted by molar-refractivity contribution is 5.87. The molecule has 1 aromatic carbocycles. The summed E-state index contributed by atoms with van der Waals surface area (Å²) in [6.45, 7) is 8.23. The quantitative estimate of drug-likeness (QED) is 0.0519. The molecule has 0 aliphatic heterocycles. The van der Waals surface area contributed by atoms with Crippen molar-refractivity contribution in [2.45, 2.75) is 77.3 Å². The van der Waals surface area contributed by atoms with Gasteiger partial charge in [-0.2, -0.15) is 0 Å². The highest BCUT2D eigenvalue weighted by atomic mass is 16.6. The average molecular weight is 857 g/mol. The van der Waals surface area contributed by atoms with Crippen LogP contribution in [0.2, 0.25) is 0 Å². The maximum atomic E-state index is 13.9. The van der Waals surface area contributed by atoms with Crippen LogP contribution < -0.4 is 11.2 Å². The zero-order chi connectivity index (χ0) is 42.7. The van der Waals surface area contributed by atoms with E-state index in [2.05, 4.69) is 4.98 Å². The largest absolute Gasteiger partial charge is 0.460 e. The third kappa shape index (κ3) is 17.5. The molecule has 340 valence electrons. The summed E-state index contributed by atoms with van der Waals surface area (Å²) in [6, 6.07) is 7.50. The maximum absolute atomic E-state index is 13.9. The number of nitrogens with zero attached hydrogens (tertiary/aromatic N) is 3. The molecule has 0 radical (unpaired) electrons. The number of imidazole rings is 1. The van der Waals surface area contributed by atoms with E-state index in [9.17, 15) is 14.4 Å². The lowest BCUT2D eigenvalue weighted by Crippen LogP contribution is -2.42. The molecule has 2 aliphatic rings. The number of benzene rings is 1. The van der Waals surface area contributed by atoms with Gasteiger partial charge in [0.15, 0.2) is 5.52 Å². The number of rotatable bonds is 31. The molecule has 16 heteroatoms. The molecule has 0 amide bonds. The smallest absolute Gasteiger partial charge is 0.332 e. The molecular formula is C45H68N4O12. The van der Waals surface area contributed by atoms with E-state index in [4.69, 9.17) is 47.6 Å². The summed E-state index contributed by atoms with van der Waals surface area (Å²) < 4.78 is 51.6. The molecule has 2 aliphatic carbocycles. The molecule has 0 saturated heterocycles. The fourth-order valence-corrected chi connectivity index (χ4v) is 7.62. The van der Waals surface area contributed by atoms with Gasteiger partial charge in [-0.05, 0) is 49.2 Å². The van der Waals surface area contributed by atoms with Crippen molar-refractivity contribution >= 4 is 23.2 Å². The number of ether oxygens (including phenoxy) is 9. The van der Waals surface area contributed by atoms with Crippen LogP contribution in [0.1, 0.15) is 69.8 Å². The van der Waals surface area contributed by atoms with Crippen molar-refractivity contribution in [2.75, 3.05) is 113 Å². The van der Waals surface area contributed by atoms with Crippen molar-refractivity contribution in [3.05, 3.63) is 56.7 Å². The van der Waals surface area contributed by atoms with E-state index < -0.39 is 5.97 Å². The van der Waals surface area contributed by atoms with Gasteiger partial charge in [-0.3, -0.25) is 13.9 Å². The van der Waals surface area contributed by atoms with Crippen LogP contribution in [0.5, 0.6) is 0 Å². The van der Waals surface area contributed by atoms with E-state index in [-0.39, 0.29) is 24.5 Å². The Hall–Kier alpha value is -3.74. The van der Waals surface area contributed by atoms with Gasteiger partial charge in [0.05, 0.1) is 99.1 Å². The lowest BCUT2D eigenvalue weighted by molar-refractivity contribution is -0.139. The zero-order valence-electron chi connectivity index (χ0n) is 36.2. The Morgan fingerprint density at radius 1 is 0.623 bits per heavy atom. The molecule has 5 rings (SSSR count). The number of nitrogens with one attached hydrogen (secondary N) is 1. The Balaban J connectivity index is 0.928. The van der Waals surface area contributed by atoms with Crippen molar-refractivity contribution < 1.29 is 47.4 Å². The van der Waals surface area contributed by atoms with Crippen molar-refractivity contribution in [1.29, 1.82) is 0 Å². The second kappa shape index (κ2) is 28.8. The molecule has 16 nitrogen and oxygen atoms in total. The summed E-state index contributed by atoms with van der Waals surface area (Å²) in [4.78, 5) is 48.1. The van der Waals surface area contributed by atoms with Crippen LogP contribution in [0.3, 0.4) is 0 Å². The zero-order valence-corrected chi connectivity index (χ0v) is 36.2. The topological polar surface area (TPSA) is 173 Å². The van der Waals surface area contributed by atoms with Gasteiger partial charge >= 0.3 is 11.7 Å². The first-order valence-electron chi connectivity index (χ1n) is 22.2. The monoisotopic (exact) mass is 856 g/mol. The highest BCUT2D eigenvalue weighted by Crippen LogP contribution is 2.27. The predicted molar refractivity (Wildman–Crippen MR) is 231 cm³/mol. The van der Waals surface area contributed by atoms with Crippen LogP contribution in [0.25, 0.3) is 28.6 Å². The van der Waals surface area contributed by atoms with Crippen LogP contribution >= 0.6 is 0 Å². The molecule has 2 heterocycles. The minimum absolute atomic E-state index is 0.120. The number of fused-ring (bicyclic) bond motifs is 1. The summed E-state index contributed by atoms with van der Waals surface area (Å²) in [6.07, 6.45) is 14.4. The molecule has 2 saturated carbocycles. The molecule has 1 N–H and O–H groups in total. The number of aromatic amines is 1. The minimum atomic E-state index is -0.476. The van der Waals surface area contributed by atoms with E-state index in [1.165, 1.54) is 36.3 Å². The molecule has 2 fully saturated rings. The second-order valence-electron chi connectivity index (χ2n) is 15.5. The van der Waals surface area contributed by atoms with Crippen LogP contribution in [0, 0.1) is 11.8 Å². The molecule has 3 aromatic rings. The van der Waals surface area contributed by atoms with Crippen molar-refractivity contribution in [3.8, 4) is 11.4 Å². The van der Waals surface area contributed by atoms with Crippen LogP contribution in [-0.4, -0.2) is 138 Å². The summed E-state index contributed by atoms with van der Waals surface area (Å²) in [5.74, 6) is 0.793. The first kappa shape index (κ1) is 48.3. The number of hydrogen-bond acceptors (Lipinski definition) is 13. The number of methoxy groups -OCH3 is 1. The lowest BCUT2D eigenvalue weighted by Gasteiger charge is -2.24. The summed E-state index contributed by atoms with van der Waals surface area (Å²) in [5.41, 5.74) is 1.82. The predicted octanol–water partition coefficient (Wildman–Crippen LogP) is 5.03. The van der Waals surface area contributed by atoms with Gasteiger partial charge in [0.25, 0.3) is 5.56 Å². The van der Waals surface area contributed by atoms with Crippen molar-refractivity contribution in [3.63, 3.8) is 0 Å². The Kier molecular flexibility index (Phi) is 22.8. The van der Waals surface area contributed by atoms with Gasteiger partial charge in [-0.15, -0.1) is 0 Å². The number of hydrogen-bond donors (Lipinski definition) is 1. The Morgan fingerprint density at radius 3 is 1.54 bits per heavy atom. The molecule has 0 unspecified atom stereocenters. The first-order chi connectivity index (χ1) is 30.0. The molecule has 61 heavy (non-hydrogen) atoms. The summed E-state index contributed by atoms with van der Waals surface area (Å²) in [7, 11) is 1.64. The van der Waals surface area contributed by atoms with Gasteiger partial charge in [0.1, 0.15) is 18.1 Å². The number of esters is 1. The third-order valence-electron chi connectivity index (χ3n) is 10.9. The van der Waals surface area contributed by atoms with Crippen LogP contribution in [0.4, 0.5) is 0 Å². The second-order valence-corrected chi connectivity index (χ2v) is 15.5. The lowest BCUT2D eigenvalue weighted by atomic mass is 9.89. The van der Waals surface area contributed by atoms with E-state index in [1.807, 2.05) is 24.3 Å². The summed E-state index contributed by atoms with van der Waals surface area (Å²) >= 11 is 0. The van der Waals surface area contributed by atoms with Crippen molar-refractivity contribution in [1.82, 2.24) is 19.1 Å². The molecular weight excluding hydrogens is 789 g/mol. The maximum Gasteiger partial charge on any atom is 0.332 e.